The average Bonchev–Trinajstić information content (AvgIpc) is 2.41. The first kappa shape index (κ1) is 15.9. The smallest absolute Gasteiger partial charge is 0.122 e. The van der Waals surface area contributed by atoms with E-state index in [2.05, 4.69) is 22.6 Å². The van der Waals surface area contributed by atoms with Gasteiger partial charge in [0.15, 0.2) is 0 Å². The predicted molar refractivity (Wildman–Crippen MR) is 90.8 cm³/mol. The van der Waals surface area contributed by atoms with Crippen LogP contribution in [0, 0.1) is 3.57 Å². The van der Waals surface area contributed by atoms with Crippen LogP contribution in [0.2, 0.25) is 10.0 Å². The van der Waals surface area contributed by atoms with Crippen molar-refractivity contribution >= 4 is 45.8 Å². The number of benzene rings is 2. The summed E-state index contributed by atoms with van der Waals surface area (Å²) in [5, 5.41) is 11.7. The van der Waals surface area contributed by atoms with Crippen molar-refractivity contribution in [2.45, 2.75) is 12.5 Å². The molecule has 2 nitrogen and oxygen atoms in total. The molecular formula is C15H13Cl2IO2. The van der Waals surface area contributed by atoms with Crippen molar-refractivity contribution < 1.29 is 9.84 Å². The molecule has 0 aliphatic carbocycles. The molecule has 0 spiro atoms. The van der Waals surface area contributed by atoms with E-state index >= 15 is 0 Å². The molecule has 0 saturated heterocycles. The highest BCUT2D eigenvalue weighted by atomic mass is 127. The number of hydrogen-bond acceptors (Lipinski definition) is 2. The van der Waals surface area contributed by atoms with Gasteiger partial charge in [-0.2, -0.15) is 0 Å². The quantitative estimate of drug-likeness (QED) is 0.711. The molecule has 0 saturated carbocycles. The Morgan fingerprint density at radius 3 is 2.50 bits per heavy atom. The number of methoxy groups -OCH3 is 1. The lowest BCUT2D eigenvalue weighted by Crippen LogP contribution is -2.05. The zero-order valence-corrected chi connectivity index (χ0v) is 14.4. The summed E-state index contributed by atoms with van der Waals surface area (Å²) in [6.45, 7) is 0. The second-order valence-electron chi connectivity index (χ2n) is 4.34. The summed E-state index contributed by atoms with van der Waals surface area (Å²) in [5.74, 6) is 0.713. The highest BCUT2D eigenvalue weighted by Gasteiger charge is 2.15. The normalized spacial score (nSPS) is 12.2. The van der Waals surface area contributed by atoms with Gasteiger partial charge in [-0.05, 0) is 70.1 Å². The van der Waals surface area contributed by atoms with Gasteiger partial charge < -0.3 is 9.84 Å². The Morgan fingerprint density at radius 2 is 1.80 bits per heavy atom. The van der Waals surface area contributed by atoms with Crippen molar-refractivity contribution in [3.63, 3.8) is 0 Å². The maximum atomic E-state index is 10.4. The van der Waals surface area contributed by atoms with Crippen LogP contribution in [0.4, 0.5) is 0 Å². The van der Waals surface area contributed by atoms with Crippen molar-refractivity contribution in [1.29, 1.82) is 0 Å². The summed E-state index contributed by atoms with van der Waals surface area (Å²) in [5.41, 5.74) is 1.67. The molecule has 1 unspecified atom stereocenters. The van der Waals surface area contributed by atoms with Crippen LogP contribution in [-0.4, -0.2) is 12.2 Å². The summed E-state index contributed by atoms with van der Waals surface area (Å²) in [6.07, 6.45) is -0.243. The number of hydrogen-bond donors (Lipinski definition) is 1. The predicted octanol–water partition coefficient (Wildman–Crippen LogP) is 4.88. The highest BCUT2D eigenvalue weighted by molar-refractivity contribution is 14.1. The number of ether oxygens (including phenoxy) is 1. The number of aliphatic hydroxyl groups excluding tert-OH is 1. The fraction of sp³-hybridized carbons (Fsp3) is 0.200. The molecule has 2 aromatic carbocycles. The third-order valence-corrected chi connectivity index (χ3v) is 4.43. The molecule has 1 atom stereocenters. The van der Waals surface area contributed by atoms with Crippen molar-refractivity contribution in [2.24, 2.45) is 0 Å². The van der Waals surface area contributed by atoms with Crippen molar-refractivity contribution in [3.05, 3.63) is 61.1 Å². The van der Waals surface area contributed by atoms with E-state index in [0.717, 1.165) is 14.7 Å². The summed E-state index contributed by atoms with van der Waals surface area (Å²) in [4.78, 5) is 0. The van der Waals surface area contributed by atoms with Gasteiger partial charge in [0.25, 0.3) is 0 Å². The van der Waals surface area contributed by atoms with Crippen LogP contribution in [0.1, 0.15) is 17.2 Å². The molecule has 0 heterocycles. The molecule has 0 aromatic heterocycles. The number of aliphatic hydroxyl groups is 1. The molecule has 0 radical (unpaired) electrons. The van der Waals surface area contributed by atoms with Gasteiger partial charge in [0.05, 0.1) is 13.2 Å². The Kier molecular flexibility index (Phi) is 5.55. The maximum Gasteiger partial charge on any atom is 0.122 e. The van der Waals surface area contributed by atoms with E-state index in [-0.39, 0.29) is 0 Å². The summed E-state index contributed by atoms with van der Waals surface area (Å²) in [6, 6.07) is 10.8. The van der Waals surface area contributed by atoms with Gasteiger partial charge in [0.1, 0.15) is 5.75 Å². The van der Waals surface area contributed by atoms with Crippen molar-refractivity contribution in [2.75, 3.05) is 7.11 Å². The largest absolute Gasteiger partial charge is 0.496 e. The highest BCUT2D eigenvalue weighted by Crippen LogP contribution is 2.30. The third kappa shape index (κ3) is 3.79. The zero-order chi connectivity index (χ0) is 14.7. The lowest BCUT2D eigenvalue weighted by atomic mass is 10.0. The number of halogens is 3. The molecular weight excluding hydrogens is 410 g/mol. The molecule has 0 bridgehead atoms. The van der Waals surface area contributed by atoms with Crippen LogP contribution in [-0.2, 0) is 6.42 Å². The first-order valence-corrected chi connectivity index (χ1v) is 7.80. The Labute approximate surface area is 141 Å². The van der Waals surface area contributed by atoms with Gasteiger partial charge in [-0.3, -0.25) is 0 Å². The van der Waals surface area contributed by atoms with Crippen LogP contribution >= 0.6 is 45.8 Å². The van der Waals surface area contributed by atoms with E-state index < -0.39 is 6.10 Å². The molecule has 0 aliphatic heterocycles. The summed E-state index contributed by atoms with van der Waals surface area (Å²) >= 11 is 14.2. The van der Waals surface area contributed by atoms with E-state index in [9.17, 15) is 5.11 Å². The van der Waals surface area contributed by atoms with Crippen LogP contribution < -0.4 is 4.74 Å². The van der Waals surface area contributed by atoms with Crippen LogP contribution in [0.25, 0.3) is 0 Å². The summed E-state index contributed by atoms with van der Waals surface area (Å²) < 4.78 is 6.27. The van der Waals surface area contributed by atoms with E-state index in [1.807, 2.05) is 6.07 Å². The Morgan fingerprint density at radius 1 is 1.15 bits per heavy atom. The first-order chi connectivity index (χ1) is 9.51. The average molecular weight is 423 g/mol. The van der Waals surface area contributed by atoms with E-state index in [1.165, 1.54) is 0 Å². The first-order valence-electron chi connectivity index (χ1n) is 5.96. The molecule has 20 heavy (non-hydrogen) atoms. The molecule has 106 valence electrons. The van der Waals surface area contributed by atoms with Crippen molar-refractivity contribution in [1.82, 2.24) is 0 Å². The third-order valence-electron chi connectivity index (χ3n) is 2.97. The lowest BCUT2D eigenvalue weighted by molar-refractivity contribution is 0.176. The molecule has 0 aliphatic rings. The fourth-order valence-electron chi connectivity index (χ4n) is 1.99. The zero-order valence-electron chi connectivity index (χ0n) is 10.7. The lowest BCUT2D eigenvalue weighted by Gasteiger charge is -2.15. The monoisotopic (exact) mass is 422 g/mol. The molecule has 2 rings (SSSR count). The van der Waals surface area contributed by atoms with Gasteiger partial charge in [-0.25, -0.2) is 0 Å². The Bertz CT molecular complexity index is 617. The van der Waals surface area contributed by atoms with E-state index in [0.29, 0.717) is 22.2 Å². The minimum atomic E-state index is -0.659. The van der Waals surface area contributed by atoms with Gasteiger partial charge in [0, 0.05) is 20.0 Å². The fourth-order valence-corrected chi connectivity index (χ4v) is 3.07. The SMILES string of the molecule is COc1ccc(Cl)cc1CC(O)c1cc(Cl)ccc1I. The van der Waals surface area contributed by atoms with E-state index in [4.69, 9.17) is 27.9 Å². The van der Waals surface area contributed by atoms with E-state index in [1.54, 1.807) is 37.4 Å². The molecule has 0 amide bonds. The summed E-state index contributed by atoms with van der Waals surface area (Å²) in [7, 11) is 1.60. The minimum absolute atomic E-state index is 0.417. The second kappa shape index (κ2) is 6.98. The minimum Gasteiger partial charge on any atom is -0.496 e. The maximum absolute atomic E-state index is 10.4. The Balaban J connectivity index is 2.29. The number of rotatable bonds is 4. The Hall–Kier alpha value is -0.490. The molecule has 5 heteroatoms. The molecule has 1 N–H and O–H groups in total. The van der Waals surface area contributed by atoms with Crippen LogP contribution in [0.3, 0.4) is 0 Å². The van der Waals surface area contributed by atoms with Gasteiger partial charge in [-0.1, -0.05) is 23.2 Å². The van der Waals surface area contributed by atoms with Gasteiger partial charge in [0.2, 0.25) is 0 Å². The topological polar surface area (TPSA) is 29.5 Å². The standard InChI is InChI=1S/C15H13Cl2IO2/c1-20-15-5-3-10(16)6-9(15)7-14(19)12-8-11(17)2-4-13(12)18/h2-6,8,14,19H,7H2,1H3. The van der Waals surface area contributed by atoms with Gasteiger partial charge >= 0.3 is 0 Å². The molecule has 2 aromatic rings. The van der Waals surface area contributed by atoms with Crippen LogP contribution in [0.15, 0.2) is 36.4 Å². The van der Waals surface area contributed by atoms with Gasteiger partial charge in [-0.15, -0.1) is 0 Å². The van der Waals surface area contributed by atoms with Crippen molar-refractivity contribution in [3.8, 4) is 5.75 Å². The molecule has 0 fully saturated rings. The second-order valence-corrected chi connectivity index (χ2v) is 6.38. The van der Waals surface area contributed by atoms with Crippen LogP contribution in [0.5, 0.6) is 5.75 Å².